The largest absolute Gasteiger partial charge is 0.407 e. The molecule has 0 amide bonds. The Labute approximate surface area is 280 Å². The van der Waals surface area contributed by atoms with E-state index in [-0.39, 0.29) is 10.7 Å². The zero-order valence-electron chi connectivity index (χ0n) is 28.5. The Morgan fingerprint density at radius 1 is 0.609 bits per heavy atom. The second-order valence-electron chi connectivity index (χ2n) is 13.8. The third-order valence-electron chi connectivity index (χ3n) is 9.43. The Balaban J connectivity index is 1.23. The number of aliphatic hydroxyl groups excluding tert-OH is 1. The molecule has 0 radical (unpaired) electrons. The summed E-state index contributed by atoms with van der Waals surface area (Å²) < 4.78 is 21.8. The van der Waals surface area contributed by atoms with Gasteiger partial charge in [-0.15, -0.1) is 0 Å². The molecule has 0 fully saturated rings. The van der Waals surface area contributed by atoms with E-state index < -0.39 is 21.6 Å². The van der Waals surface area contributed by atoms with Crippen molar-refractivity contribution in [2.24, 2.45) is 0 Å². The quantitative estimate of drug-likeness (QED) is 0.0663. The first-order valence-electron chi connectivity index (χ1n) is 17.4. The summed E-state index contributed by atoms with van der Waals surface area (Å²) in [6.45, 7) is 9.61. The topological polar surface area (TPSA) is 46.5 Å². The molecular formula is C41H55O3PSi. The van der Waals surface area contributed by atoms with E-state index in [1.807, 2.05) is 60.7 Å². The van der Waals surface area contributed by atoms with Crippen molar-refractivity contribution >= 4 is 36.4 Å². The van der Waals surface area contributed by atoms with E-state index in [0.717, 1.165) is 42.9 Å². The summed E-state index contributed by atoms with van der Waals surface area (Å²) in [6, 6.07) is 41.4. The van der Waals surface area contributed by atoms with Crippen LogP contribution in [0.4, 0.5) is 0 Å². The molecule has 4 aromatic carbocycles. The summed E-state index contributed by atoms with van der Waals surface area (Å²) >= 11 is 0. The van der Waals surface area contributed by atoms with Gasteiger partial charge in [0.1, 0.15) is 7.14 Å². The zero-order chi connectivity index (χ0) is 32.9. The molecule has 46 heavy (non-hydrogen) atoms. The van der Waals surface area contributed by atoms with Gasteiger partial charge in [-0.05, 0) is 35.2 Å². The molecule has 2 atom stereocenters. The number of hydrogen-bond acceptors (Lipinski definition) is 3. The summed E-state index contributed by atoms with van der Waals surface area (Å²) in [5.74, 6) is 0. The van der Waals surface area contributed by atoms with Crippen LogP contribution >= 0.6 is 7.14 Å². The molecule has 0 aromatic heterocycles. The second kappa shape index (κ2) is 17.4. The van der Waals surface area contributed by atoms with Crippen LogP contribution in [-0.2, 0) is 8.99 Å². The van der Waals surface area contributed by atoms with E-state index in [2.05, 4.69) is 81.4 Å². The van der Waals surface area contributed by atoms with Gasteiger partial charge >= 0.3 is 0 Å². The predicted octanol–water partition coefficient (Wildman–Crippen LogP) is 8.84. The molecule has 0 aliphatic rings. The first kappa shape index (κ1) is 36.1. The fraction of sp³-hybridized carbons (Fsp3) is 0.415. The Hall–Kier alpha value is -2.75. The first-order chi connectivity index (χ1) is 22.2. The highest BCUT2D eigenvalue weighted by atomic mass is 31.2. The van der Waals surface area contributed by atoms with E-state index in [1.54, 1.807) is 6.92 Å². The van der Waals surface area contributed by atoms with Gasteiger partial charge in [-0.3, -0.25) is 0 Å². The third kappa shape index (κ3) is 8.78. The minimum Gasteiger partial charge on any atom is -0.407 e. The van der Waals surface area contributed by atoms with Gasteiger partial charge in [-0.25, -0.2) is 0 Å². The fourth-order valence-corrected chi connectivity index (χ4v) is 15.1. The van der Waals surface area contributed by atoms with Crippen LogP contribution in [0.15, 0.2) is 121 Å². The summed E-state index contributed by atoms with van der Waals surface area (Å²) in [6.07, 6.45) is 9.29. The molecule has 0 bridgehead atoms. The zero-order valence-corrected chi connectivity index (χ0v) is 30.4. The van der Waals surface area contributed by atoms with E-state index >= 15 is 0 Å². The van der Waals surface area contributed by atoms with Crippen LogP contribution in [0.5, 0.6) is 0 Å². The Morgan fingerprint density at radius 3 is 1.37 bits per heavy atom. The molecule has 0 saturated carbocycles. The van der Waals surface area contributed by atoms with Crippen LogP contribution in [0.25, 0.3) is 0 Å². The van der Waals surface area contributed by atoms with Gasteiger partial charge in [-0.2, -0.15) is 0 Å². The van der Waals surface area contributed by atoms with Crippen molar-refractivity contribution in [1.82, 2.24) is 0 Å². The van der Waals surface area contributed by atoms with E-state index in [0.29, 0.717) is 0 Å². The molecule has 0 heterocycles. The van der Waals surface area contributed by atoms with Crippen molar-refractivity contribution in [3.8, 4) is 0 Å². The number of rotatable bonds is 18. The van der Waals surface area contributed by atoms with E-state index in [9.17, 15) is 9.67 Å². The maximum Gasteiger partial charge on any atom is 0.261 e. The van der Waals surface area contributed by atoms with E-state index in [1.165, 1.54) is 42.5 Å². The lowest BCUT2D eigenvalue weighted by atomic mass is 10.1. The number of benzene rings is 4. The summed E-state index contributed by atoms with van der Waals surface area (Å²) in [7, 11) is -5.44. The lowest BCUT2D eigenvalue weighted by Crippen LogP contribution is -2.66. The maximum atomic E-state index is 14.8. The van der Waals surface area contributed by atoms with Crippen molar-refractivity contribution in [1.29, 1.82) is 0 Å². The smallest absolute Gasteiger partial charge is 0.261 e. The standard InChI is InChI=1S/C41H55O3PSi/c1-35(42)40(45(43,36-25-15-11-16-26-36)37-27-17-12-18-28-37)33-23-9-7-5-6-8-10-24-34-44-46(41(2,3)4,38-29-19-13-20-30-38)39-31-21-14-22-32-39/h11-22,25-32,35,40,42H,5-10,23-24,33-34H2,1-4H3/t35-,40-/m0/s1. The highest BCUT2D eigenvalue weighted by Gasteiger charge is 2.50. The van der Waals surface area contributed by atoms with Crippen molar-refractivity contribution in [3.05, 3.63) is 121 Å². The molecule has 1 N–H and O–H groups in total. The molecule has 5 heteroatoms. The van der Waals surface area contributed by atoms with Gasteiger partial charge in [0.05, 0.1) is 6.10 Å². The Kier molecular flexibility index (Phi) is 13.7. The predicted molar refractivity (Wildman–Crippen MR) is 200 cm³/mol. The summed E-state index contributed by atoms with van der Waals surface area (Å²) in [4.78, 5) is 0. The lowest BCUT2D eigenvalue weighted by Gasteiger charge is -2.43. The number of hydrogen-bond donors (Lipinski definition) is 1. The summed E-state index contributed by atoms with van der Waals surface area (Å²) in [5, 5.41) is 15.2. The van der Waals surface area contributed by atoms with Crippen LogP contribution in [0, 0.1) is 0 Å². The van der Waals surface area contributed by atoms with Crippen LogP contribution < -0.4 is 21.0 Å². The van der Waals surface area contributed by atoms with Crippen molar-refractivity contribution < 1.29 is 14.1 Å². The highest BCUT2D eigenvalue weighted by molar-refractivity contribution is 7.79. The van der Waals surface area contributed by atoms with Crippen LogP contribution in [0.2, 0.25) is 5.04 Å². The van der Waals surface area contributed by atoms with Crippen molar-refractivity contribution in [3.63, 3.8) is 0 Å². The molecule has 0 saturated heterocycles. The van der Waals surface area contributed by atoms with Crippen molar-refractivity contribution in [2.75, 3.05) is 6.61 Å². The van der Waals surface area contributed by atoms with Gasteiger partial charge in [0.15, 0.2) is 0 Å². The Morgan fingerprint density at radius 2 is 0.978 bits per heavy atom. The second-order valence-corrected chi connectivity index (χ2v) is 21.1. The van der Waals surface area contributed by atoms with Crippen LogP contribution in [0.3, 0.4) is 0 Å². The minimum atomic E-state index is -2.99. The number of aliphatic hydroxyl groups is 1. The monoisotopic (exact) mass is 654 g/mol. The fourth-order valence-electron chi connectivity index (χ4n) is 7.06. The van der Waals surface area contributed by atoms with Crippen LogP contribution in [0.1, 0.15) is 85.5 Å². The Bertz CT molecular complexity index is 1370. The molecular weight excluding hydrogens is 600 g/mol. The normalized spacial score (nSPS) is 13.8. The lowest BCUT2D eigenvalue weighted by molar-refractivity contribution is 0.183. The number of unbranched alkanes of at least 4 members (excludes halogenated alkanes) is 7. The average Bonchev–Trinajstić information content (AvgIpc) is 3.07. The SMILES string of the molecule is C[C@H](O)[C@H](CCCCCCCCCCO[Si](c1ccccc1)(c1ccccc1)C(C)(C)C)P(=O)(c1ccccc1)c1ccccc1. The molecule has 4 rings (SSSR count). The minimum absolute atomic E-state index is 0.0124. The van der Waals surface area contributed by atoms with Gasteiger partial charge in [0.25, 0.3) is 8.32 Å². The van der Waals surface area contributed by atoms with Gasteiger partial charge < -0.3 is 14.1 Å². The molecule has 0 aliphatic heterocycles. The summed E-state index contributed by atoms with van der Waals surface area (Å²) in [5.41, 5.74) is -0.284. The van der Waals surface area contributed by atoms with Crippen LogP contribution in [-0.4, -0.2) is 31.8 Å². The molecule has 246 valence electrons. The average molecular weight is 655 g/mol. The maximum absolute atomic E-state index is 14.8. The molecule has 0 spiro atoms. The van der Waals surface area contributed by atoms with E-state index in [4.69, 9.17) is 4.43 Å². The highest BCUT2D eigenvalue weighted by Crippen LogP contribution is 2.51. The molecule has 4 aromatic rings. The molecule has 3 nitrogen and oxygen atoms in total. The van der Waals surface area contributed by atoms with Gasteiger partial charge in [0, 0.05) is 22.9 Å². The molecule has 0 unspecified atom stereocenters. The van der Waals surface area contributed by atoms with Gasteiger partial charge in [0.2, 0.25) is 0 Å². The third-order valence-corrected chi connectivity index (χ3v) is 18.2. The van der Waals surface area contributed by atoms with Gasteiger partial charge in [-0.1, -0.05) is 187 Å². The molecule has 0 aliphatic carbocycles. The first-order valence-corrected chi connectivity index (χ1v) is 21.0. The van der Waals surface area contributed by atoms with Crippen molar-refractivity contribution in [2.45, 2.75) is 102 Å².